The van der Waals surface area contributed by atoms with Crippen molar-refractivity contribution in [1.82, 2.24) is 14.8 Å². The van der Waals surface area contributed by atoms with E-state index in [9.17, 15) is 4.79 Å². The molecule has 2 aromatic heterocycles. The van der Waals surface area contributed by atoms with Crippen molar-refractivity contribution in [1.29, 1.82) is 0 Å². The van der Waals surface area contributed by atoms with Crippen LogP contribution < -0.4 is 14.8 Å². The van der Waals surface area contributed by atoms with Crippen molar-refractivity contribution in [2.45, 2.75) is 23.9 Å². The van der Waals surface area contributed by atoms with Gasteiger partial charge in [0.05, 0.1) is 18.1 Å². The minimum atomic E-state index is -0.363. The first kappa shape index (κ1) is 17.5. The van der Waals surface area contributed by atoms with Crippen LogP contribution in [0.3, 0.4) is 0 Å². The smallest absolute Gasteiger partial charge is 0.237 e. The van der Waals surface area contributed by atoms with Crippen LogP contribution in [0, 0.1) is 0 Å². The van der Waals surface area contributed by atoms with Gasteiger partial charge in [-0.2, -0.15) is 0 Å². The molecule has 0 aliphatic carbocycles. The molecule has 1 aliphatic rings. The standard InChI is InChI=1S/C18H18N4O4S/c1-12(27-18-21-19-11-22(18)10-14-3-2-6-24-14)17(23)20-13-4-5-15-16(9-13)26-8-7-25-15/h2-6,9,11-12H,7-8,10H2,1H3,(H,20,23). The number of fused-ring (bicyclic) bond motifs is 1. The average Bonchev–Trinajstić information content (AvgIpc) is 3.34. The molecule has 1 atom stereocenters. The van der Waals surface area contributed by atoms with Crippen LogP contribution in [-0.4, -0.2) is 39.1 Å². The molecule has 1 aromatic carbocycles. The summed E-state index contributed by atoms with van der Waals surface area (Å²) < 4.78 is 18.2. The average molecular weight is 386 g/mol. The lowest BCUT2D eigenvalue weighted by atomic mass is 10.2. The number of furan rings is 1. The van der Waals surface area contributed by atoms with E-state index in [-0.39, 0.29) is 11.2 Å². The third kappa shape index (κ3) is 4.08. The summed E-state index contributed by atoms with van der Waals surface area (Å²) in [6.07, 6.45) is 3.24. The van der Waals surface area contributed by atoms with Crippen molar-refractivity contribution in [3.05, 3.63) is 48.7 Å². The first-order chi connectivity index (χ1) is 13.2. The van der Waals surface area contributed by atoms with E-state index in [1.165, 1.54) is 11.8 Å². The van der Waals surface area contributed by atoms with Gasteiger partial charge in [0, 0.05) is 11.8 Å². The van der Waals surface area contributed by atoms with E-state index < -0.39 is 0 Å². The number of rotatable bonds is 6. The Morgan fingerprint density at radius 2 is 2.15 bits per heavy atom. The molecule has 4 rings (SSSR count). The highest BCUT2D eigenvalue weighted by atomic mass is 32.2. The van der Waals surface area contributed by atoms with Crippen molar-refractivity contribution < 1.29 is 18.7 Å². The molecule has 140 valence electrons. The Kier molecular flexibility index (Phi) is 5.01. The van der Waals surface area contributed by atoms with Gasteiger partial charge in [0.1, 0.15) is 25.3 Å². The number of amides is 1. The highest BCUT2D eigenvalue weighted by molar-refractivity contribution is 8.00. The summed E-state index contributed by atoms with van der Waals surface area (Å²) in [5, 5.41) is 11.2. The Morgan fingerprint density at radius 3 is 2.96 bits per heavy atom. The molecular formula is C18H18N4O4S. The summed E-state index contributed by atoms with van der Waals surface area (Å²) in [5.41, 5.74) is 0.661. The van der Waals surface area contributed by atoms with E-state index in [1.807, 2.05) is 23.6 Å². The van der Waals surface area contributed by atoms with Gasteiger partial charge < -0.3 is 23.8 Å². The van der Waals surface area contributed by atoms with Crippen molar-refractivity contribution in [3.63, 3.8) is 0 Å². The van der Waals surface area contributed by atoms with Crippen LogP contribution in [-0.2, 0) is 11.3 Å². The number of ether oxygens (including phenoxy) is 2. The van der Waals surface area contributed by atoms with Gasteiger partial charge in [0.25, 0.3) is 0 Å². The molecule has 1 amide bonds. The maximum absolute atomic E-state index is 12.6. The van der Waals surface area contributed by atoms with Gasteiger partial charge in [-0.05, 0) is 31.2 Å². The SMILES string of the molecule is CC(Sc1nncn1Cc1ccco1)C(=O)Nc1ccc2c(c1)OCCO2. The van der Waals surface area contributed by atoms with E-state index in [0.717, 1.165) is 5.76 Å². The van der Waals surface area contributed by atoms with E-state index in [1.54, 1.807) is 30.8 Å². The Labute approximate surface area is 159 Å². The molecule has 0 bridgehead atoms. The third-order valence-electron chi connectivity index (χ3n) is 3.95. The van der Waals surface area contributed by atoms with Gasteiger partial charge in [0.2, 0.25) is 5.91 Å². The predicted molar refractivity (Wildman–Crippen MR) is 99.2 cm³/mol. The number of aromatic nitrogens is 3. The van der Waals surface area contributed by atoms with Crippen molar-refractivity contribution in [2.75, 3.05) is 18.5 Å². The lowest BCUT2D eigenvalue weighted by molar-refractivity contribution is -0.115. The first-order valence-corrected chi connectivity index (χ1v) is 9.34. The molecule has 9 heteroatoms. The topological polar surface area (TPSA) is 91.4 Å². The van der Waals surface area contributed by atoms with E-state index in [4.69, 9.17) is 13.9 Å². The van der Waals surface area contributed by atoms with Crippen LogP contribution in [0.1, 0.15) is 12.7 Å². The number of carbonyl (C=O) groups excluding carboxylic acids is 1. The molecule has 1 aliphatic heterocycles. The largest absolute Gasteiger partial charge is 0.486 e. The summed E-state index contributed by atoms with van der Waals surface area (Å²) >= 11 is 1.33. The monoisotopic (exact) mass is 386 g/mol. The highest BCUT2D eigenvalue weighted by Gasteiger charge is 2.19. The van der Waals surface area contributed by atoms with E-state index in [2.05, 4.69) is 15.5 Å². The molecule has 0 spiro atoms. The Hall–Kier alpha value is -2.94. The molecule has 0 fully saturated rings. The molecule has 0 saturated carbocycles. The molecule has 27 heavy (non-hydrogen) atoms. The van der Waals surface area contributed by atoms with Crippen molar-refractivity contribution in [2.24, 2.45) is 0 Å². The summed E-state index contributed by atoms with van der Waals surface area (Å²) in [5.74, 6) is 1.99. The number of hydrogen-bond donors (Lipinski definition) is 1. The van der Waals surface area contributed by atoms with Gasteiger partial charge in [0.15, 0.2) is 16.7 Å². The number of carbonyl (C=O) groups is 1. The number of nitrogens with one attached hydrogen (secondary N) is 1. The zero-order chi connectivity index (χ0) is 18.6. The van der Waals surface area contributed by atoms with Gasteiger partial charge >= 0.3 is 0 Å². The van der Waals surface area contributed by atoms with Gasteiger partial charge in [-0.1, -0.05) is 11.8 Å². The second-order valence-electron chi connectivity index (χ2n) is 5.93. The van der Waals surface area contributed by atoms with E-state index in [0.29, 0.717) is 42.1 Å². The molecule has 0 saturated heterocycles. The molecular weight excluding hydrogens is 368 g/mol. The van der Waals surface area contributed by atoms with Gasteiger partial charge in [-0.15, -0.1) is 10.2 Å². The number of benzene rings is 1. The Balaban J connectivity index is 1.39. The Morgan fingerprint density at radius 1 is 1.30 bits per heavy atom. The number of anilines is 1. The van der Waals surface area contributed by atoms with Gasteiger partial charge in [-0.25, -0.2) is 0 Å². The molecule has 8 nitrogen and oxygen atoms in total. The molecule has 3 aromatic rings. The van der Waals surface area contributed by atoms with Crippen molar-refractivity contribution >= 4 is 23.4 Å². The van der Waals surface area contributed by atoms with Crippen LogP contribution in [0.15, 0.2) is 52.5 Å². The second-order valence-corrected chi connectivity index (χ2v) is 7.24. The van der Waals surface area contributed by atoms with Crippen LogP contribution in [0.25, 0.3) is 0 Å². The van der Waals surface area contributed by atoms with E-state index >= 15 is 0 Å². The number of thioether (sulfide) groups is 1. The lowest BCUT2D eigenvalue weighted by Gasteiger charge is -2.19. The second kappa shape index (κ2) is 7.75. The Bertz CT molecular complexity index is 925. The minimum Gasteiger partial charge on any atom is -0.486 e. The summed E-state index contributed by atoms with van der Waals surface area (Å²) in [4.78, 5) is 12.6. The fraction of sp³-hybridized carbons (Fsp3) is 0.278. The van der Waals surface area contributed by atoms with Crippen LogP contribution in [0.2, 0.25) is 0 Å². The molecule has 0 radical (unpaired) electrons. The predicted octanol–water partition coefficient (Wildman–Crippen LogP) is 2.81. The maximum atomic E-state index is 12.6. The zero-order valence-corrected chi connectivity index (χ0v) is 15.4. The number of hydrogen-bond acceptors (Lipinski definition) is 7. The van der Waals surface area contributed by atoms with Crippen molar-refractivity contribution in [3.8, 4) is 11.5 Å². The summed E-state index contributed by atoms with van der Waals surface area (Å²) in [6.45, 7) is 3.37. The molecule has 1 N–H and O–H groups in total. The van der Waals surface area contributed by atoms with Crippen LogP contribution in [0.5, 0.6) is 11.5 Å². The third-order valence-corrected chi connectivity index (χ3v) is 5.04. The number of nitrogens with zero attached hydrogens (tertiary/aromatic N) is 3. The highest BCUT2D eigenvalue weighted by Crippen LogP contribution is 2.33. The van der Waals surface area contributed by atoms with Crippen LogP contribution in [0.4, 0.5) is 5.69 Å². The van der Waals surface area contributed by atoms with Crippen LogP contribution >= 0.6 is 11.8 Å². The molecule has 1 unspecified atom stereocenters. The minimum absolute atomic E-state index is 0.135. The fourth-order valence-corrected chi connectivity index (χ4v) is 3.41. The molecule has 3 heterocycles. The zero-order valence-electron chi connectivity index (χ0n) is 14.6. The first-order valence-electron chi connectivity index (χ1n) is 8.46. The quantitative estimate of drug-likeness (QED) is 0.651. The normalized spacial score (nSPS) is 14.0. The maximum Gasteiger partial charge on any atom is 0.237 e. The summed E-state index contributed by atoms with van der Waals surface area (Å²) in [6, 6.07) is 9.07. The van der Waals surface area contributed by atoms with Gasteiger partial charge in [-0.3, -0.25) is 4.79 Å². The fourth-order valence-electron chi connectivity index (χ4n) is 2.59. The lowest BCUT2D eigenvalue weighted by Crippen LogP contribution is -2.23. The summed E-state index contributed by atoms with van der Waals surface area (Å²) in [7, 11) is 0.